The largest absolute Gasteiger partial charge is 0.490 e. The normalized spacial score (nSPS) is 11.5. The second-order valence-corrected chi connectivity index (χ2v) is 7.67. The summed E-state index contributed by atoms with van der Waals surface area (Å²) in [4.78, 5) is 0. The molecule has 3 nitrogen and oxygen atoms in total. The van der Waals surface area contributed by atoms with Crippen LogP contribution in [0.25, 0.3) is 0 Å². The number of hydrogen-bond acceptors (Lipinski definition) is 3. The maximum Gasteiger partial charge on any atom is 0.163 e. The smallest absolute Gasteiger partial charge is 0.163 e. The van der Waals surface area contributed by atoms with E-state index in [1.807, 2.05) is 43.3 Å². The summed E-state index contributed by atoms with van der Waals surface area (Å²) in [7, 11) is 0. The van der Waals surface area contributed by atoms with E-state index in [1.54, 1.807) is 0 Å². The van der Waals surface area contributed by atoms with Crippen molar-refractivity contribution in [3.8, 4) is 11.5 Å². The third-order valence-electron chi connectivity index (χ3n) is 4.36. The molecule has 0 aliphatic carbocycles. The summed E-state index contributed by atoms with van der Waals surface area (Å²) in [5, 5.41) is 4.90. The van der Waals surface area contributed by atoms with Crippen molar-refractivity contribution in [1.29, 1.82) is 0 Å². The molecule has 0 fully saturated rings. The van der Waals surface area contributed by atoms with Gasteiger partial charge in [0.15, 0.2) is 11.5 Å². The molecule has 0 spiro atoms. The summed E-state index contributed by atoms with van der Waals surface area (Å²) < 4.78 is 11.7. The zero-order chi connectivity index (χ0) is 19.2. The lowest BCUT2D eigenvalue weighted by Crippen LogP contribution is -2.37. The fourth-order valence-corrected chi connectivity index (χ4v) is 2.64. The van der Waals surface area contributed by atoms with Crippen LogP contribution in [-0.2, 0) is 13.2 Å². The van der Waals surface area contributed by atoms with Crippen LogP contribution >= 0.6 is 23.2 Å². The van der Waals surface area contributed by atoms with E-state index in [4.69, 9.17) is 32.7 Å². The second kappa shape index (κ2) is 9.50. The molecular weight excluding hydrogens is 369 g/mol. The molecule has 0 radical (unpaired) electrons. The van der Waals surface area contributed by atoms with E-state index in [2.05, 4.69) is 26.1 Å². The number of benzene rings is 2. The first-order chi connectivity index (χ1) is 12.3. The standard InChI is InChI=1S/C21H27Cl2NO2/c1-5-21(3,4)24-13-16-11-19(25-6-2)20(12-18(16)23)26-14-15-7-9-17(22)10-8-15/h7-12,24H,5-6,13-14H2,1-4H3. The Kier molecular flexibility index (Phi) is 7.63. The topological polar surface area (TPSA) is 30.5 Å². The molecule has 5 heteroatoms. The Bertz CT molecular complexity index is 715. The van der Waals surface area contributed by atoms with Gasteiger partial charge in [-0.3, -0.25) is 0 Å². The summed E-state index contributed by atoms with van der Waals surface area (Å²) in [6.45, 7) is 10.1. The van der Waals surface area contributed by atoms with Gasteiger partial charge in [0.1, 0.15) is 6.61 Å². The van der Waals surface area contributed by atoms with E-state index in [9.17, 15) is 0 Å². The minimum absolute atomic E-state index is 0.0544. The average molecular weight is 396 g/mol. The monoisotopic (exact) mass is 395 g/mol. The van der Waals surface area contributed by atoms with E-state index in [-0.39, 0.29) is 5.54 Å². The van der Waals surface area contributed by atoms with Gasteiger partial charge in [-0.05, 0) is 56.5 Å². The van der Waals surface area contributed by atoms with Gasteiger partial charge < -0.3 is 14.8 Å². The lowest BCUT2D eigenvalue weighted by Gasteiger charge is -2.25. The maximum absolute atomic E-state index is 6.48. The minimum Gasteiger partial charge on any atom is -0.490 e. The molecular formula is C21H27Cl2NO2. The lowest BCUT2D eigenvalue weighted by atomic mass is 10.0. The van der Waals surface area contributed by atoms with Crippen LogP contribution in [0.2, 0.25) is 10.0 Å². The molecule has 0 unspecified atom stereocenters. The Hall–Kier alpha value is -1.42. The Morgan fingerprint density at radius 1 is 0.962 bits per heavy atom. The highest BCUT2D eigenvalue weighted by Gasteiger charge is 2.16. The van der Waals surface area contributed by atoms with Crippen molar-refractivity contribution < 1.29 is 9.47 Å². The maximum atomic E-state index is 6.48. The number of ether oxygens (including phenoxy) is 2. The Labute approximate surface area is 166 Å². The summed E-state index contributed by atoms with van der Waals surface area (Å²) >= 11 is 12.4. The van der Waals surface area contributed by atoms with Gasteiger partial charge in [0.05, 0.1) is 6.61 Å². The summed E-state index contributed by atoms with van der Waals surface area (Å²) in [5.41, 5.74) is 2.08. The zero-order valence-electron chi connectivity index (χ0n) is 15.9. The molecule has 2 aromatic rings. The Morgan fingerprint density at radius 3 is 2.23 bits per heavy atom. The molecule has 0 atom stereocenters. The fraction of sp³-hybridized carbons (Fsp3) is 0.429. The molecule has 0 amide bonds. The predicted octanol–water partition coefficient (Wildman–Crippen LogP) is 6.25. The third kappa shape index (κ3) is 6.08. The fourth-order valence-electron chi connectivity index (χ4n) is 2.30. The molecule has 0 saturated heterocycles. The molecule has 0 saturated carbocycles. The van der Waals surface area contributed by atoms with Gasteiger partial charge in [-0.1, -0.05) is 42.3 Å². The third-order valence-corrected chi connectivity index (χ3v) is 4.97. The molecule has 2 aromatic carbocycles. The van der Waals surface area contributed by atoms with Crippen LogP contribution in [0, 0.1) is 0 Å². The molecule has 142 valence electrons. The van der Waals surface area contributed by atoms with Gasteiger partial charge >= 0.3 is 0 Å². The van der Waals surface area contributed by atoms with E-state index >= 15 is 0 Å². The number of halogens is 2. The van der Waals surface area contributed by atoms with Crippen LogP contribution in [0.1, 0.15) is 45.2 Å². The first kappa shape index (κ1) is 20.9. The Morgan fingerprint density at radius 2 is 1.62 bits per heavy atom. The SMILES string of the molecule is CCOc1cc(CNC(C)(C)CC)c(Cl)cc1OCc1ccc(Cl)cc1. The van der Waals surface area contributed by atoms with Gasteiger partial charge in [0.2, 0.25) is 0 Å². The Balaban J connectivity index is 2.15. The molecule has 0 bridgehead atoms. The van der Waals surface area contributed by atoms with E-state index in [1.165, 1.54) is 0 Å². The highest BCUT2D eigenvalue weighted by Crippen LogP contribution is 2.34. The van der Waals surface area contributed by atoms with Gasteiger partial charge in [-0.2, -0.15) is 0 Å². The van der Waals surface area contributed by atoms with Crippen molar-refractivity contribution in [2.75, 3.05) is 6.61 Å². The summed E-state index contributed by atoms with van der Waals surface area (Å²) in [6, 6.07) is 11.4. The molecule has 0 heterocycles. The highest BCUT2D eigenvalue weighted by molar-refractivity contribution is 6.31. The van der Waals surface area contributed by atoms with E-state index < -0.39 is 0 Å². The average Bonchev–Trinajstić information content (AvgIpc) is 2.62. The van der Waals surface area contributed by atoms with Crippen molar-refractivity contribution in [3.63, 3.8) is 0 Å². The van der Waals surface area contributed by atoms with E-state index in [0.29, 0.717) is 41.3 Å². The first-order valence-corrected chi connectivity index (χ1v) is 9.67. The van der Waals surface area contributed by atoms with Gasteiger partial charge in [0, 0.05) is 28.2 Å². The molecule has 2 rings (SSSR count). The predicted molar refractivity (Wildman–Crippen MR) is 110 cm³/mol. The highest BCUT2D eigenvalue weighted by atomic mass is 35.5. The van der Waals surface area contributed by atoms with Crippen LogP contribution < -0.4 is 14.8 Å². The molecule has 0 aliphatic heterocycles. The van der Waals surface area contributed by atoms with Gasteiger partial charge in [-0.25, -0.2) is 0 Å². The van der Waals surface area contributed by atoms with E-state index in [0.717, 1.165) is 17.5 Å². The quantitative estimate of drug-likeness (QED) is 0.544. The van der Waals surface area contributed by atoms with Gasteiger partial charge in [0.25, 0.3) is 0 Å². The van der Waals surface area contributed by atoms with Crippen molar-refractivity contribution in [2.24, 2.45) is 0 Å². The van der Waals surface area contributed by atoms with Crippen LogP contribution in [0.15, 0.2) is 36.4 Å². The number of hydrogen-bond donors (Lipinski definition) is 1. The molecule has 0 aromatic heterocycles. The lowest BCUT2D eigenvalue weighted by molar-refractivity contribution is 0.269. The van der Waals surface area contributed by atoms with Crippen molar-refractivity contribution >= 4 is 23.2 Å². The summed E-state index contributed by atoms with van der Waals surface area (Å²) in [6.07, 6.45) is 1.03. The molecule has 0 aliphatic rings. The zero-order valence-corrected chi connectivity index (χ0v) is 17.4. The van der Waals surface area contributed by atoms with Crippen molar-refractivity contribution in [1.82, 2.24) is 5.32 Å². The van der Waals surface area contributed by atoms with Gasteiger partial charge in [-0.15, -0.1) is 0 Å². The van der Waals surface area contributed by atoms with Crippen molar-refractivity contribution in [3.05, 3.63) is 57.6 Å². The number of rotatable bonds is 9. The summed E-state index contributed by atoms with van der Waals surface area (Å²) in [5.74, 6) is 1.35. The van der Waals surface area contributed by atoms with Crippen LogP contribution in [0.4, 0.5) is 0 Å². The van der Waals surface area contributed by atoms with Crippen molar-refractivity contribution in [2.45, 2.75) is 52.8 Å². The van der Waals surface area contributed by atoms with Crippen LogP contribution in [0.5, 0.6) is 11.5 Å². The van der Waals surface area contributed by atoms with Crippen LogP contribution in [-0.4, -0.2) is 12.1 Å². The first-order valence-electron chi connectivity index (χ1n) is 8.92. The molecule has 1 N–H and O–H groups in total. The number of nitrogens with one attached hydrogen (secondary N) is 1. The van der Waals surface area contributed by atoms with Crippen LogP contribution in [0.3, 0.4) is 0 Å². The molecule has 26 heavy (non-hydrogen) atoms. The minimum atomic E-state index is 0.0544. The second-order valence-electron chi connectivity index (χ2n) is 6.83.